The summed E-state index contributed by atoms with van der Waals surface area (Å²) in [5.41, 5.74) is 0.921. The van der Waals surface area contributed by atoms with Gasteiger partial charge in [-0.3, -0.25) is 0 Å². The Morgan fingerprint density at radius 2 is 2.15 bits per heavy atom. The van der Waals surface area contributed by atoms with E-state index in [0.29, 0.717) is 23.6 Å². The average molecular weight is 271 g/mol. The molecule has 5 heteroatoms. The number of aromatic nitrogens is 3. The molecule has 0 saturated carbocycles. The molecule has 0 aliphatic rings. The van der Waals surface area contributed by atoms with Crippen LogP contribution in [0.1, 0.15) is 6.92 Å². The largest absolute Gasteiger partial charge is 0.392 e. The summed E-state index contributed by atoms with van der Waals surface area (Å²) in [7, 11) is 0. The van der Waals surface area contributed by atoms with Gasteiger partial charge in [0.05, 0.1) is 6.10 Å². The average Bonchev–Trinajstić information content (AvgIpc) is 2.86. The van der Waals surface area contributed by atoms with Crippen molar-refractivity contribution in [2.45, 2.75) is 19.6 Å². The van der Waals surface area contributed by atoms with E-state index in [1.54, 1.807) is 30.0 Å². The molecule has 1 unspecified atom stereocenters. The molecule has 102 valence electrons. The lowest BCUT2D eigenvalue weighted by Crippen LogP contribution is -2.12. The standard InChI is InChI=1S/C15H14FN3O/c1-10(20)9-19-8-7-17-15(19)13-6-5-11-3-2-4-12(16)14(11)18-13/h2-8,10,20H,9H2,1H3. The van der Waals surface area contributed by atoms with E-state index >= 15 is 0 Å². The Balaban J connectivity index is 2.11. The smallest absolute Gasteiger partial charge is 0.158 e. The molecule has 0 spiro atoms. The lowest BCUT2D eigenvalue weighted by atomic mass is 10.2. The van der Waals surface area contributed by atoms with Gasteiger partial charge in [-0.15, -0.1) is 0 Å². The summed E-state index contributed by atoms with van der Waals surface area (Å²) in [5.74, 6) is 0.272. The van der Waals surface area contributed by atoms with Gasteiger partial charge in [-0.1, -0.05) is 18.2 Å². The van der Waals surface area contributed by atoms with E-state index in [9.17, 15) is 9.50 Å². The lowest BCUT2D eigenvalue weighted by Gasteiger charge is -2.10. The van der Waals surface area contributed by atoms with Crippen molar-refractivity contribution in [2.75, 3.05) is 0 Å². The van der Waals surface area contributed by atoms with Crippen LogP contribution in [0.2, 0.25) is 0 Å². The van der Waals surface area contributed by atoms with Crippen LogP contribution in [0.3, 0.4) is 0 Å². The van der Waals surface area contributed by atoms with Crippen LogP contribution in [-0.2, 0) is 6.54 Å². The van der Waals surface area contributed by atoms with Crippen molar-refractivity contribution in [1.82, 2.24) is 14.5 Å². The Bertz CT molecular complexity index is 752. The Morgan fingerprint density at radius 1 is 1.30 bits per heavy atom. The Kier molecular flexibility index (Phi) is 3.20. The number of hydrogen-bond acceptors (Lipinski definition) is 3. The van der Waals surface area contributed by atoms with E-state index < -0.39 is 6.10 Å². The molecule has 0 aliphatic heterocycles. The molecule has 20 heavy (non-hydrogen) atoms. The first-order valence-corrected chi connectivity index (χ1v) is 6.40. The number of fused-ring (bicyclic) bond motifs is 1. The van der Waals surface area contributed by atoms with Crippen LogP contribution in [0.4, 0.5) is 4.39 Å². The summed E-state index contributed by atoms with van der Waals surface area (Å²) in [4.78, 5) is 8.59. The summed E-state index contributed by atoms with van der Waals surface area (Å²) in [5, 5.41) is 10.2. The molecule has 0 saturated heterocycles. The maximum Gasteiger partial charge on any atom is 0.158 e. The molecule has 2 heterocycles. The van der Waals surface area contributed by atoms with Gasteiger partial charge < -0.3 is 9.67 Å². The van der Waals surface area contributed by atoms with Crippen molar-refractivity contribution in [3.05, 3.63) is 48.5 Å². The van der Waals surface area contributed by atoms with Gasteiger partial charge in [-0.2, -0.15) is 0 Å². The molecule has 1 N–H and O–H groups in total. The number of hydrogen-bond donors (Lipinski definition) is 1. The molecule has 0 bridgehead atoms. The Labute approximate surface area is 115 Å². The third kappa shape index (κ3) is 2.28. The number of aliphatic hydroxyl groups excluding tert-OH is 1. The predicted octanol–water partition coefficient (Wildman–Crippen LogP) is 2.62. The summed E-state index contributed by atoms with van der Waals surface area (Å²) in [6.45, 7) is 2.13. The molecular formula is C15H14FN3O. The second-order valence-corrected chi connectivity index (χ2v) is 4.76. The number of pyridine rings is 1. The maximum atomic E-state index is 13.8. The van der Waals surface area contributed by atoms with Gasteiger partial charge in [0.2, 0.25) is 0 Å². The number of nitrogens with zero attached hydrogens (tertiary/aromatic N) is 3. The summed E-state index contributed by atoms with van der Waals surface area (Å²) < 4.78 is 15.6. The molecule has 0 aliphatic carbocycles. The van der Waals surface area contributed by atoms with Crippen molar-refractivity contribution in [3.8, 4) is 11.5 Å². The molecular weight excluding hydrogens is 257 g/mol. The zero-order valence-corrected chi connectivity index (χ0v) is 11.0. The van der Waals surface area contributed by atoms with E-state index in [4.69, 9.17) is 0 Å². The van der Waals surface area contributed by atoms with E-state index in [-0.39, 0.29) is 5.82 Å². The third-order valence-corrected chi connectivity index (χ3v) is 3.08. The number of imidazole rings is 1. The number of para-hydroxylation sites is 1. The van der Waals surface area contributed by atoms with Crippen LogP contribution >= 0.6 is 0 Å². The molecule has 0 fully saturated rings. The number of benzene rings is 1. The van der Waals surface area contributed by atoms with E-state index in [1.165, 1.54) is 6.07 Å². The molecule has 3 rings (SSSR count). The Morgan fingerprint density at radius 3 is 2.95 bits per heavy atom. The molecule has 0 amide bonds. The van der Waals surface area contributed by atoms with Gasteiger partial charge in [0, 0.05) is 24.3 Å². The van der Waals surface area contributed by atoms with Crippen molar-refractivity contribution >= 4 is 10.9 Å². The van der Waals surface area contributed by atoms with Crippen LogP contribution in [0.15, 0.2) is 42.7 Å². The summed E-state index contributed by atoms with van der Waals surface area (Å²) in [6, 6.07) is 8.50. The monoisotopic (exact) mass is 271 g/mol. The number of rotatable bonds is 3. The Hall–Kier alpha value is -2.27. The maximum absolute atomic E-state index is 13.8. The highest BCUT2D eigenvalue weighted by Crippen LogP contribution is 2.21. The van der Waals surface area contributed by atoms with Crippen molar-refractivity contribution < 1.29 is 9.50 Å². The SMILES string of the molecule is CC(O)Cn1ccnc1-c1ccc2cccc(F)c2n1. The van der Waals surface area contributed by atoms with Crippen LogP contribution in [0.5, 0.6) is 0 Å². The van der Waals surface area contributed by atoms with Crippen molar-refractivity contribution in [1.29, 1.82) is 0 Å². The summed E-state index contributed by atoms with van der Waals surface area (Å²) >= 11 is 0. The fourth-order valence-corrected chi connectivity index (χ4v) is 2.21. The van der Waals surface area contributed by atoms with Gasteiger partial charge in [-0.25, -0.2) is 14.4 Å². The molecule has 1 aromatic carbocycles. The fraction of sp³-hybridized carbons (Fsp3) is 0.200. The van der Waals surface area contributed by atoms with Crippen molar-refractivity contribution in [3.63, 3.8) is 0 Å². The van der Waals surface area contributed by atoms with Crippen LogP contribution < -0.4 is 0 Å². The minimum Gasteiger partial charge on any atom is -0.392 e. The van der Waals surface area contributed by atoms with Gasteiger partial charge in [0.15, 0.2) is 5.82 Å². The number of aliphatic hydroxyl groups is 1. The third-order valence-electron chi connectivity index (χ3n) is 3.08. The zero-order chi connectivity index (χ0) is 14.1. The molecule has 4 nitrogen and oxygen atoms in total. The predicted molar refractivity (Wildman–Crippen MR) is 74.6 cm³/mol. The highest BCUT2D eigenvalue weighted by Gasteiger charge is 2.11. The van der Waals surface area contributed by atoms with Crippen LogP contribution in [-0.4, -0.2) is 25.7 Å². The molecule has 1 atom stereocenters. The van der Waals surface area contributed by atoms with Crippen LogP contribution in [0.25, 0.3) is 22.4 Å². The quantitative estimate of drug-likeness (QED) is 0.796. The first kappa shape index (κ1) is 12.7. The second-order valence-electron chi connectivity index (χ2n) is 4.76. The minimum absolute atomic E-state index is 0.330. The molecule has 0 radical (unpaired) electrons. The van der Waals surface area contributed by atoms with Gasteiger partial charge in [0.25, 0.3) is 0 Å². The normalized spacial score (nSPS) is 12.8. The highest BCUT2D eigenvalue weighted by atomic mass is 19.1. The molecule has 3 aromatic rings. The van der Waals surface area contributed by atoms with Gasteiger partial charge in [-0.05, 0) is 19.1 Å². The highest BCUT2D eigenvalue weighted by molar-refractivity contribution is 5.81. The van der Waals surface area contributed by atoms with E-state index in [1.807, 2.05) is 18.2 Å². The molecule has 2 aromatic heterocycles. The first-order valence-electron chi connectivity index (χ1n) is 6.40. The summed E-state index contributed by atoms with van der Waals surface area (Å²) in [6.07, 6.45) is 2.93. The van der Waals surface area contributed by atoms with Crippen LogP contribution in [0, 0.1) is 5.82 Å². The topological polar surface area (TPSA) is 50.9 Å². The lowest BCUT2D eigenvalue weighted by molar-refractivity contribution is 0.174. The van der Waals surface area contributed by atoms with Gasteiger partial charge in [0.1, 0.15) is 17.0 Å². The second kappa shape index (κ2) is 5.02. The van der Waals surface area contributed by atoms with Crippen molar-refractivity contribution in [2.24, 2.45) is 0 Å². The number of halogens is 1. The zero-order valence-electron chi connectivity index (χ0n) is 11.0. The van der Waals surface area contributed by atoms with E-state index in [2.05, 4.69) is 9.97 Å². The first-order chi connectivity index (χ1) is 9.65. The van der Waals surface area contributed by atoms with E-state index in [0.717, 1.165) is 5.39 Å². The minimum atomic E-state index is -0.486. The fourth-order valence-electron chi connectivity index (χ4n) is 2.21. The van der Waals surface area contributed by atoms with Gasteiger partial charge >= 0.3 is 0 Å².